The maximum Gasteiger partial charge on any atom is 0.182 e. The Bertz CT molecular complexity index is 977. The van der Waals surface area contributed by atoms with Crippen molar-refractivity contribution in [1.29, 1.82) is 0 Å². The Kier molecular flexibility index (Phi) is 4.73. The van der Waals surface area contributed by atoms with Crippen LogP contribution in [0.2, 0.25) is 0 Å². The van der Waals surface area contributed by atoms with Gasteiger partial charge in [-0.2, -0.15) is 0 Å². The molecule has 1 aliphatic heterocycles. The maximum absolute atomic E-state index is 5.62. The summed E-state index contributed by atoms with van der Waals surface area (Å²) in [5.41, 5.74) is 3.32. The molecule has 3 aromatic rings. The number of ether oxygens (including phenoxy) is 1. The van der Waals surface area contributed by atoms with Crippen molar-refractivity contribution in [3.63, 3.8) is 0 Å². The van der Waals surface area contributed by atoms with E-state index in [2.05, 4.69) is 33.8 Å². The summed E-state index contributed by atoms with van der Waals surface area (Å²) < 4.78 is 8.88. The minimum atomic E-state index is 0.131. The first-order chi connectivity index (χ1) is 12.2. The van der Waals surface area contributed by atoms with Gasteiger partial charge < -0.3 is 9.72 Å². The zero-order chi connectivity index (χ0) is 17.4. The van der Waals surface area contributed by atoms with Crippen molar-refractivity contribution >= 4 is 51.5 Å². The van der Waals surface area contributed by atoms with Gasteiger partial charge in [-0.1, -0.05) is 66.1 Å². The maximum atomic E-state index is 5.62. The summed E-state index contributed by atoms with van der Waals surface area (Å²) in [7, 11) is 1.66. The molecule has 7 heteroatoms. The summed E-state index contributed by atoms with van der Waals surface area (Å²) in [6, 6.07) is 18.3. The number of methoxy groups -OCH3 is 1. The highest BCUT2D eigenvalue weighted by Crippen LogP contribution is 2.49. The largest absolute Gasteiger partial charge is 0.497 e. The summed E-state index contributed by atoms with van der Waals surface area (Å²) in [6.45, 7) is 0. The molecule has 0 radical (unpaired) electrons. The van der Waals surface area contributed by atoms with Gasteiger partial charge in [0.1, 0.15) is 14.3 Å². The molecule has 1 N–H and O–H groups in total. The van der Waals surface area contributed by atoms with Crippen molar-refractivity contribution in [1.82, 2.24) is 9.55 Å². The fourth-order valence-corrected chi connectivity index (χ4v) is 5.98. The number of hydrogen-bond acceptors (Lipinski definition) is 5. The minimum Gasteiger partial charge on any atom is -0.497 e. The fourth-order valence-electron chi connectivity index (χ4n) is 2.80. The first kappa shape index (κ1) is 16.9. The number of nitrogens with zero attached hydrogens (tertiary/aromatic N) is 1. The standard InChI is InChI=1S/C18H14N2OS4/c1-21-13-9-7-12(8-10-13)20-16-14(19-17(20)22)15(24-18(23)25-16)11-5-3-2-4-6-11/h2-10,15H,1H3,(H,19,22). The molecule has 0 spiro atoms. The molecule has 25 heavy (non-hydrogen) atoms. The molecule has 2 heterocycles. The van der Waals surface area contributed by atoms with E-state index < -0.39 is 0 Å². The molecule has 0 amide bonds. The molecule has 0 saturated carbocycles. The molecule has 4 rings (SSSR count). The first-order valence-electron chi connectivity index (χ1n) is 7.60. The Morgan fingerprint density at radius 3 is 2.44 bits per heavy atom. The van der Waals surface area contributed by atoms with Crippen LogP contribution < -0.4 is 4.74 Å². The predicted molar refractivity (Wildman–Crippen MR) is 112 cm³/mol. The SMILES string of the molecule is COc1ccc(-n2c3c([nH]c2=S)C(c2ccccc2)SC(=S)S3)cc1. The number of aromatic nitrogens is 2. The summed E-state index contributed by atoms with van der Waals surface area (Å²) in [5.74, 6) is 0.820. The average molecular weight is 403 g/mol. The molecule has 1 atom stereocenters. The van der Waals surface area contributed by atoms with Gasteiger partial charge in [0.05, 0.1) is 18.1 Å². The highest BCUT2D eigenvalue weighted by Gasteiger charge is 2.30. The van der Waals surface area contributed by atoms with Gasteiger partial charge in [-0.3, -0.25) is 4.57 Å². The molecule has 1 aliphatic rings. The second-order valence-corrected chi connectivity index (χ2v) is 9.13. The van der Waals surface area contributed by atoms with Crippen LogP contribution in [0.3, 0.4) is 0 Å². The normalized spacial score (nSPS) is 16.5. The molecule has 0 aliphatic carbocycles. The number of thioether (sulfide) groups is 2. The number of nitrogens with one attached hydrogen (secondary N) is 1. The van der Waals surface area contributed by atoms with Crippen LogP contribution in [0.15, 0.2) is 59.6 Å². The van der Waals surface area contributed by atoms with E-state index in [-0.39, 0.29) is 5.25 Å². The quantitative estimate of drug-likeness (QED) is 0.563. The minimum absolute atomic E-state index is 0.131. The molecule has 126 valence electrons. The van der Waals surface area contributed by atoms with Gasteiger partial charge in [0, 0.05) is 5.69 Å². The number of aromatic amines is 1. The van der Waals surface area contributed by atoms with Crippen molar-refractivity contribution in [2.45, 2.75) is 10.3 Å². The molecular formula is C18H14N2OS4. The van der Waals surface area contributed by atoms with Crippen molar-refractivity contribution < 1.29 is 4.74 Å². The van der Waals surface area contributed by atoms with Crippen LogP contribution in [0.5, 0.6) is 5.75 Å². The van der Waals surface area contributed by atoms with Gasteiger partial charge in [0.15, 0.2) is 4.77 Å². The number of thiocarbonyl (C=S) groups is 1. The van der Waals surface area contributed by atoms with E-state index in [0.29, 0.717) is 4.77 Å². The van der Waals surface area contributed by atoms with Crippen LogP contribution in [0, 0.1) is 4.77 Å². The van der Waals surface area contributed by atoms with Crippen molar-refractivity contribution in [3.05, 3.63) is 70.6 Å². The van der Waals surface area contributed by atoms with E-state index in [1.54, 1.807) is 30.6 Å². The first-order valence-corrected chi connectivity index (χ1v) is 10.1. The monoisotopic (exact) mass is 402 g/mol. The highest BCUT2D eigenvalue weighted by molar-refractivity contribution is 8.47. The molecule has 1 unspecified atom stereocenters. The Hall–Kier alpha value is -1.54. The van der Waals surface area contributed by atoms with E-state index in [1.807, 2.05) is 30.3 Å². The summed E-state index contributed by atoms with van der Waals surface area (Å²) in [4.78, 5) is 3.41. The summed E-state index contributed by atoms with van der Waals surface area (Å²) in [5, 5.41) is 1.19. The lowest BCUT2D eigenvalue weighted by atomic mass is 10.1. The van der Waals surface area contributed by atoms with Gasteiger partial charge in [-0.05, 0) is 42.0 Å². The van der Waals surface area contributed by atoms with Gasteiger partial charge in [0.25, 0.3) is 0 Å². The van der Waals surface area contributed by atoms with Gasteiger partial charge >= 0.3 is 0 Å². The third-order valence-corrected chi connectivity index (χ3v) is 7.03. The van der Waals surface area contributed by atoms with E-state index in [0.717, 1.165) is 25.7 Å². The van der Waals surface area contributed by atoms with Crippen molar-refractivity contribution in [3.8, 4) is 11.4 Å². The zero-order valence-corrected chi connectivity index (χ0v) is 16.5. The number of rotatable bonds is 3. The molecule has 0 fully saturated rings. The van der Waals surface area contributed by atoms with Gasteiger partial charge in [-0.25, -0.2) is 0 Å². The van der Waals surface area contributed by atoms with Crippen LogP contribution >= 0.6 is 48.0 Å². The number of hydrogen-bond donors (Lipinski definition) is 1. The van der Waals surface area contributed by atoms with E-state index in [9.17, 15) is 0 Å². The van der Waals surface area contributed by atoms with E-state index >= 15 is 0 Å². The van der Waals surface area contributed by atoms with Crippen LogP contribution in [0.1, 0.15) is 16.5 Å². The number of H-pyrrole nitrogens is 1. The molecule has 0 bridgehead atoms. The smallest absolute Gasteiger partial charge is 0.182 e. The van der Waals surface area contributed by atoms with E-state index in [4.69, 9.17) is 29.2 Å². The predicted octanol–water partition coefficient (Wildman–Crippen LogP) is 5.76. The Labute approximate surface area is 164 Å². The second-order valence-electron chi connectivity index (χ2n) is 5.44. The van der Waals surface area contributed by atoms with Crippen LogP contribution in [0.4, 0.5) is 0 Å². The van der Waals surface area contributed by atoms with E-state index in [1.165, 1.54) is 5.56 Å². The van der Waals surface area contributed by atoms with Crippen molar-refractivity contribution in [2.75, 3.05) is 7.11 Å². The van der Waals surface area contributed by atoms with Gasteiger partial charge in [0.2, 0.25) is 0 Å². The molecule has 3 nitrogen and oxygen atoms in total. The Balaban J connectivity index is 1.85. The topological polar surface area (TPSA) is 29.9 Å². The second kappa shape index (κ2) is 6.99. The number of imidazole rings is 1. The molecular weight excluding hydrogens is 388 g/mol. The highest BCUT2D eigenvalue weighted by atomic mass is 32.2. The lowest BCUT2D eigenvalue weighted by Crippen LogP contribution is -2.08. The van der Waals surface area contributed by atoms with Crippen LogP contribution in [-0.2, 0) is 0 Å². The average Bonchev–Trinajstić information content (AvgIpc) is 2.97. The Morgan fingerprint density at radius 1 is 1.04 bits per heavy atom. The lowest BCUT2D eigenvalue weighted by molar-refractivity contribution is 0.414. The fraction of sp³-hybridized carbons (Fsp3) is 0.111. The molecule has 2 aromatic carbocycles. The summed E-state index contributed by atoms with van der Waals surface area (Å²) >= 11 is 14.5. The van der Waals surface area contributed by atoms with Crippen LogP contribution in [-0.4, -0.2) is 20.2 Å². The number of benzene rings is 2. The number of fused-ring (bicyclic) bond motifs is 1. The lowest BCUT2D eigenvalue weighted by Gasteiger charge is -2.23. The molecule has 1 aromatic heterocycles. The third kappa shape index (κ3) is 3.17. The zero-order valence-electron chi connectivity index (χ0n) is 13.3. The van der Waals surface area contributed by atoms with Crippen molar-refractivity contribution in [2.24, 2.45) is 0 Å². The summed E-state index contributed by atoms with van der Waals surface area (Å²) in [6.07, 6.45) is 0. The Morgan fingerprint density at radius 2 is 1.76 bits per heavy atom. The van der Waals surface area contributed by atoms with Crippen LogP contribution in [0.25, 0.3) is 5.69 Å². The van der Waals surface area contributed by atoms with Gasteiger partial charge in [-0.15, -0.1) is 0 Å². The third-order valence-electron chi connectivity index (χ3n) is 3.97. The molecule has 0 saturated heterocycles.